The van der Waals surface area contributed by atoms with Gasteiger partial charge in [0.15, 0.2) is 0 Å². The zero-order valence-electron chi connectivity index (χ0n) is 9.87. The van der Waals surface area contributed by atoms with Gasteiger partial charge in [-0.25, -0.2) is 0 Å². The number of nitro groups is 1. The minimum Gasteiger partial charge on any atom is -0.380 e. The molecule has 5 nitrogen and oxygen atoms in total. The van der Waals surface area contributed by atoms with Crippen molar-refractivity contribution in [2.45, 2.75) is 26.3 Å². The molecule has 0 aliphatic rings. The molecule has 1 aromatic carbocycles. The van der Waals surface area contributed by atoms with Gasteiger partial charge in [0.05, 0.1) is 4.92 Å². The second-order valence-electron chi connectivity index (χ2n) is 3.86. The summed E-state index contributed by atoms with van der Waals surface area (Å²) < 4.78 is 0.682. The van der Waals surface area contributed by atoms with E-state index in [1.807, 2.05) is 6.92 Å². The molecule has 0 spiro atoms. The number of halogens is 1. The molecule has 0 aromatic heterocycles. The van der Waals surface area contributed by atoms with E-state index in [1.165, 1.54) is 6.07 Å². The van der Waals surface area contributed by atoms with E-state index in [9.17, 15) is 10.1 Å². The normalized spacial score (nSPS) is 12.2. The van der Waals surface area contributed by atoms with Crippen LogP contribution in [0.4, 0.5) is 11.4 Å². The van der Waals surface area contributed by atoms with Crippen molar-refractivity contribution < 1.29 is 4.92 Å². The largest absolute Gasteiger partial charge is 0.380 e. The van der Waals surface area contributed by atoms with Crippen LogP contribution >= 0.6 is 15.9 Å². The van der Waals surface area contributed by atoms with Crippen molar-refractivity contribution >= 4 is 27.3 Å². The third-order valence-corrected chi connectivity index (χ3v) is 3.28. The fourth-order valence-corrected chi connectivity index (χ4v) is 1.97. The van der Waals surface area contributed by atoms with Gasteiger partial charge in [0.25, 0.3) is 5.69 Å². The zero-order valence-corrected chi connectivity index (χ0v) is 11.5. The zero-order chi connectivity index (χ0) is 13.0. The average molecular weight is 302 g/mol. The molecule has 1 aromatic rings. The Morgan fingerprint density at radius 2 is 2.24 bits per heavy atom. The van der Waals surface area contributed by atoms with Gasteiger partial charge in [-0.15, -0.1) is 0 Å². The van der Waals surface area contributed by atoms with Crippen LogP contribution in [0.1, 0.15) is 18.9 Å². The molecule has 1 rings (SSSR count). The molecular weight excluding hydrogens is 286 g/mol. The summed E-state index contributed by atoms with van der Waals surface area (Å²) in [6.07, 6.45) is 0.902. The van der Waals surface area contributed by atoms with Crippen LogP contribution in [0.25, 0.3) is 0 Å². The molecule has 0 radical (unpaired) electrons. The quantitative estimate of drug-likeness (QED) is 0.647. The van der Waals surface area contributed by atoms with Gasteiger partial charge in [-0.05, 0) is 35.3 Å². The van der Waals surface area contributed by atoms with Crippen LogP contribution in [0.15, 0.2) is 16.6 Å². The van der Waals surface area contributed by atoms with Gasteiger partial charge in [0.1, 0.15) is 0 Å². The van der Waals surface area contributed by atoms with E-state index in [2.05, 4.69) is 21.2 Å². The Kier molecular flexibility index (Phi) is 4.89. The molecule has 0 bridgehead atoms. The summed E-state index contributed by atoms with van der Waals surface area (Å²) in [6, 6.07) is 3.45. The number of aryl methyl sites for hydroxylation is 1. The third-order valence-electron chi connectivity index (χ3n) is 2.62. The third kappa shape index (κ3) is 3.41. The van der Waals surface area contributed by atoms with E-state index in [-0.39, 0.29) is 16.7 Å². The highest BCUT2D eigenvalue weighted by atomic mass is 79.9. The van der Waals surface area contributed by atoms with Gasteiger partial charge >= 0.3 is 0 Å². The Bertz CT molecular complexity index is 419. The number of rotatable bonds is 5. The minimum absolute atomic E-state index is 0.114. The number of hydrogen-bond donors (Lipinski definition) is 2. The monoisotopic (exact) mass is 301 g/mol. The molecule has 0 heterocycles. The van der Waals surface area contributed by atoms with E-state index in [1.54, 1.807) is 13.0 Å². The lowest BCUT2D eigenvalue weighted by atomic mass is 10.1. The molecule has 0 amide bonds. The molecule has 0 aliphatic heterocycles. The van der Waals surface area contributed by atoms with E-state index in [0.29, 0.717) is 16.6 Å². The van der Waals surface area contributed by atoms with Crippen molar-refractivity contribution in [1.82, 2.24) is 0 Å². The van der Waals surface area contributed by atoms with Gasteiger partial charge in [-0.1, -0.05) is 6.92 Å². The molecule has 0 aliphatic carbocycles. The van der Waals surface area contributed by atoms with Crippen LogP contribution < -0.4 is 11.1 Å². The summed E-state index contributed by atoms with van der Waals surface area (Å²) in [5.41, 5.74) is 7.20. The molecule has 3 N–H and O–H groups in total. The van der Waals surface area contributed by atoms with Crippen molar-refractivity contribution in [3.63, 3.8) is 0 Å². The van der Waals surface area contributed by atoms with Crippen LogP contribution in [-0.2, 0) is 0 Å². The van der Waals surface area contributed by atoms with Crippen molar-refractivity contribution in [1.29, 1.82) is 0 Å². The Hall–Kier alpha value is -1.14. The molecule has 0 fully saturated rings. The maximum Gasteiger partial charge on any atom is 0.273 e. The lowest BCUT2D eigenvalue weighted by molar-refractivity contribution is -0.385. The number of hydrogen-bond acceptors (Lipinski definition) is 4. The maximum atomic E-state index is 10.8. The highest BCUT2D eigenvalue weighted by molar-refractivity contribution is 9.10. The first-order valence-electron chi connectivity index (χ1n) is 5.40. The van der Waals surface area contributed by atoms with Gasteiger partial charge < -0.3 is 11.1 Å². The number of benzene rings is 1. The number of nitrogens with zero attached hydrogens (tertiary/aromatic N) is 1. The topological polar surface area (TPSA) is 81.2 Å². The van der Waals surface area contributed by atoms with Gasteiger partial charge in [0.2, 0.25) is 0 Å². The van der Waals surface area contributed by atoms with Crippen molar-refractivity contribution in [2.24, 2.45) is 5.73 Å². The van der Waals surface area contributed by atoms with Crippen molar-refractivity contribution in [3.8, 4) is 0 Å². The average Bonchev–Trinajstić information content (AvgIpc) is 2.29. The maximum absolute atomic E-state index is 10.8. The van der Waals surface area contributed by atoms with Crippen molar-refractivity contribution in [2.75, 3.05) is 11.9 Å². The fourth-order valence-electron chi connectivity index (χ4n) is 1.53. The predicted octanol–water partition coefficient (Wildman–Crippen LogP) is 2.81. The lowest BCUT2D eigenvalue weighted by Crippen LogP contribution is -2.28. The van der Waals surface area contributed by atoms with Gasteiger partial charge in [-0.3, -0.25) is 10.1 Å². The first kappa shape index (κ1) is 13.9. The second kappa shape index (κ2) is 5.97. The predicted molar refractivity (Wildman–Crippen MR) is 72.3 cm³/mol. The van der Waals surface area contributed by atoms with E-state index in [0.717, 1.165) is 12.1 Å². The molecule has 94 valence electrons. The van der Waals surface area contributed by atoms with E-state index in [4.69, 9.17) is 5.73 Å². The Labute approximate surface area is 109 Å². The number of nitrogens with one attached hydrogen (secondary N) is 1. The lowest BCUT2D eigenvalue weighted by Gasteiger charge is -2.17. The first-order valence-corrected chi connectivity index (χ1v) is 6.20. The SMILES string of the molecule is CCC(CN)Nc1cc(C)c([N+](=O)[O-])cc1Br. The molecule has 6 heteroatoms. The molecule has 0 saturated heterocycles. The van der Waals surface area contributed by atoms with Crippen LogP contribution in [0.5, 0.6) is 0 Å². The fraction of sp³-hybridized carbons (Fsp3) is 0.455. The summed E-state index contributed by atoms with van der Waals surface area (Å²) in [5.74, 6) is 0. The number of anilines is 1. The van der Waals surface area contributed by atoms with Gasteiger partial charge in [-0.2, -0.15) is 0 Å². The minimum atomic E-state index is -0.385. The number of nitro benzene ring substituents is 1. The highest BCUT2D eigenvalue weighted by Crippen LogP contribution is 2.31. The standard InChI is InChI=1S/C11H16BrN3O2/c1-3-8(6-13)14-10-4-7(2)11(15(16)17)5-9(10)12/h4-5,8,14H,3,6,13H2,1-2H3. The van der Waals surface area contributed by atoms with Crippen LogP contribution in [-0.4, -0.2) is 17.5 Å². The Morgan fingerprint density at radius 3 is 2.71 bits per heavy atom. The molecule has 1 atom stereocenters. The van der Waals surface area contributed by atoms with Crippen LogP contribution in [0.3, 0.4) is 0 Å². The highest BCUT2D eigenvalue weighted by Gasteiger charge is 2.15. The summed E-state index contributed by atoms with van der Waals surface area (Å²) in [7, 11) is 0. The molecule has 17 heavy (non-hydrogen) atoms. The van der Waals surface area contributed by atoms with Crippen LogP contribution in [0, 0.1) is 17.0 Å². The van der Waals surface area contributed by atoms with Crippen LogP contribution in [0.2, 0.25) is 0 Å². The summed E-state index contributed by atoms with van der Waals surface area (Å²) in [4.78, 5) is 10.4. The summed E-state index contributed by atoms with van der Waals surface area (Å²) in [6.45, 7) is 4.29. The molecule has 1 unspecified atom stereocenters. The Balaban J connectivity index is 3.03. The summed E-state index contributed by atoms with van der Waals surface area (Å²) >= 11 is 3.33. The van der Waals surface area contributed by atoms with E-state index >= 15 is 0 Å². The van der Waals surface area contributed by atoms with E-state index < -0.39 is 0 Å². The van der Waals surface area contributed by atoms with Gasteiger partial charge in [0, 0.05) is 34.4 Å². The second-order valence-corrected chi connectivity index (χ2v) is 4.72. The number of nitrogens with two attached hydrogens (primary N) is 1. The smallest absolute Gasteiger partial charge is 0.273 e. The molecule has 0 saturated carbocycles. The first-order chi connectivity index (χ1) is 7.99. The summed E-state index contributed by atoms with van der Waals surface area (Å²) in [5, 5.41) is 14.0. The van der Waals surface area contributed by atoms with Crippen molar-refractivity contribution in [3.05, 3.63) is 32.3 Å². The molecular formula is C11H16BrN3O2. The Morgan fingerprint density at radius 1 is 1.59 bits per heavy atom.